The van der Waals surface area contributed by atoms with Gasteiger partial charge in [0.15, 0.2) is 0 Å². The van der Waals surface area contributed by atoms with E-state index < -0.39 is 0 Å². The first-order valence-corrected chi connectivity index (χ1v) is 5.63. The molecule has 2 N–H and O–H groups in total. The maximum absolute atomic E-state index is 6.05. The molecule has 1 unspecified atom stereocenters. The minimum Gasteiger partial charge on any atom is -0.385 e. The lowest BCUT2D eigenvalue weighted by atomic mass is 10.0. The third kappa shape index (κ3) is 4.31. The molecule has 0 fully saturated rings. The van der Waals surface area contributed by atoms with Crippen molar-refractivity contribution < 1.29 is 9.47 Å². The van der Waals surface area contributed by atoms with Crippen LogP contribution in [0.25, 0.3) is 0 Å². The second-order valence-corrected chi connectivity index (χ2v) is 3.88. The molecule has 0 aliphatic heterocycles. The molecule has 1 rings (SSSR count). The highest BCUT2D eigenvalue weighted by Crippen LogP contribution is 2.15. The third-order valence-corrected chi connectivity index (χ3v) is 2.52. The largest absolute Gasteiger partial charge is 0.385 e. The summed E-state index contributed by atoms with van der Waals surface area (Å²) in [7, 11) is 1.69. The van der Waals surface area contributed by atoms with Gasteiger partial charge < -0.3 is 15.2 Å². The quantitative estimate of drug-likeness (QED) is 0.719. The fourth-order valence-corrected chi connectivity index (χ4v) is 1.61. The summed E-state index contributed by atoms with van der Waals surface area (Å²) in [6.07, 6.45) is 0.914. The summed E-state index contributed by atoms with van der Waals surface area (Å²) in [4.78, 5) is 0. The molecule has 0 amide bonds. The van der Waals surface area contributed by atoms with Crippen LogP contribution in [0.1, 0.15) is 23.6 Å². The highest BCUT2D eigenvalue weighted by Gasteiger charge is 2.07. The molecule has 0 aliphatic carbocycles. The van der Waals surface area contributed by atoms with Gasteiger partial charge in [0, 0.05) is 20.3 Å². The van der Waals surface area contributed by atoms with Gasteiger partial charge in [0.05, 0.1) is 12.6 Å². The maximum atomic E-state index is 6.05. The van der Waals surface area contributed by atoms with Crippen molar-refractivity contribution in [2.75, 3.05) is 26.9 Å². The van der Waals surface area contributed by atoms with Crippen LogP contribution in [0.3, 0.4) is 0 Å². The fraction of sp³-hybridized carbons (Fsp3) is 0.538. The summed E-state index contributed by atoms with van der Waals surface area (Å²) in [5.41, 5.74) is 8.43. The van der Waals surface area contributed by atoms with Gasteiger partial charge in [0.1, 0.15) is 0 Å². The fourth-order valence-electron chi connectivity index (χ4n) is 1.61. The van der Waals surface area contributed by atoms with Gasteiger partial charge in [-0.25, -0.2) is 0 Å². The van der Waals surface area contributed by atoms with E-state index in [0.717, 1.165) is 18.6 Å². The van der Waals surface area contributed by atoms with Crippen molar-refractivity contribution in [2.24, 2.45) is 5.73 Å². The van der Waals surface area contributed by atoms with Crippen LogP contribution < -0.4 is 5.73 Å². The first-order chi connectivity index (χ1) is 7.75. The Balaban J connectivity index is 2.30. The summed E-state index contributed by atoms with van der Waals surface area (Å²) < 4.78 is 10.4. The highest BCUT2D eigenvalue weighted by atomic mass is 16.5. The summed E-state index contributed by atoms with van der Waals surface area (Å²) >= 11 is 0. The van der Waals surface area contributed by atoms with E-state index in [1.165, 1.54) is 5.56 Å². The lowest BCUT2D eigenvalue weighted by molar-refractivity contribution is 0.0939. The Morgan fingerprint density at radius 2 is 2.00 bits per heavy atom. The number of benzene rings is 1. The normalized spacial score (nSPS) is 12.7. The van der Waals surface area contributed by atoms with E-state index in [2.05, 4.69) is 19.1 Å². The lowest BCUT2D eigenvalue weighted by Gasteiger charge is -2.14. The van der Waals surface area contributed by atoms with E-state index in [4.69, 9.17) is 15.2 Å². The number of ether oxygens (including phenoxy) is 2. The number of rotatable bonds is 7. The Hall–Kier alpha value is -0.900. The SMILES string of the molecule is COCCCOCC(N)c1ccccc1C. The standard InChI is InChI=1S/C13H21NO2/c1-11-6-3-4-7-12(11)13(14)10-16-9-5-8-15-2/h3-4,6-7,13H,5,8-10,14H2,1-2H3. The zero-order valence-electron chi connectivity index (χ0n) is 10.1. The molecule has 0 saturated heterocycles. The topological polar surface area (TPSA) is 44.5 Å². The lowest BCUT2D eigenvalue weighted by Crippen LogP contribution is -2.18. The molecule has 0 radical (unpaired) electrons. The Bertz CT molecular complexity index is 302. The Kier molecular flexibility index (Phi) is 6.08. The van der Waals surface area contributed by atoms with Crippen LogP contribution in [0.4, 0.5) is 0 Å². The summed E-state index contributed by atoms with van der Waals surface area (Å²) in [6.45, 7) is 4.07. The van der Waals surface area contributed by atoms with Crippen molar-refractivity contribution in [3.05, 3.63) is 35.4 Å². The molecule has 3 nitrogen and oxygen atoms in total. The van der Waals surface area contributed by atoms with Crippen LogP contribution in [0.5, 0.6) is 0 Å². The molecule has 0 bridgehead atoms. The first-order valence-electron chi connectivity index (χ1n) is 5.63. The van der Waals surface area contributed by atoms with E-state index in [9.17, 15) is 0 Å². The molecule has 0 aromatic heterocycles. The number of nitrogens with two attached hydrogens (primary N) is 1. The van der Waals surface area contributed by atoms with Crippen molar-refractivity contribution >= 4 is 0 Å². The molecule has 90 valence electrons. The van der Waals surface area contributed by atoms with Crippen molar-refractivity contribution in [3.8, 4) is 0 Å². The van der Waals surface area contributed by atoms with Crippen LogP contribution in [0.15, 0.2) is 24.3 Å². The van der Waals surface area contributed by atoms with Crippen LogP contribution >= 0.6 is 0 Å². The third-order valence-electron chi connectivity index (χ3n) is 2.52. The van der Waals surface area contributed by atoms with Gasteiger partial charge in [-0.05, 0) is 24.5 Å². The number of hydrogen-bond acceptors (Lipinski definition) is 3. The predicted molar refractivity (Wildman–Crippen MR) is 65.4 cm³/mol. The summed E-state index contributed by atoms with van der Waals surface area (Å²) in [5, 5.41) is 0. The van der Waals surface area contributed by atoms with Crippen LogP contribution in [0, 0.1) is 6.92 Å². The van der Waals surface area contributed by atoms with Gasteiger partial charge in [-0.1, -0.05) is 24.3 Å². The average Bonchev–Trinajstić information content (AvgIpc) is 2.29. The smallest absolute Gasteiger partial charge is 0.0659 e. The predicted octanol–water partition coefficient (Wildman–Crippen LogP) is 2.05. The van der Waals surface area contributed by atoms with Crippen LogP contribution in [0.2, 0.25) is 0 Å². The van der Waals surface area contributed by atoms with Gasteiger partial charge in [0.2, 0.25) is 0 Å². The van der Waals surface area contributed by atoms with E-state index in [-0.39, 0.29) is 6.04 Å². The minimum atomic E-state index is -0.0382. The van der Waals surface area contributed by atoms with Crippen LogP contribution in [-0.4, -0.2) is 26.9 Å². The molecule has 16 heavy (non-hydrogen) atoms. The first kappa shape index (κ1) is 13.2. The molecule has 3 heteroatoms. The number of aryl methyl sites for hydroxylation is 1. The Morgan fingerprint density at radius 3 is 2.69 bits per heavy atom. The summed E-state index contributed by atoms with van der Waals surface area (Å²) in [5.74, 6) is 0. The second kappa shape index (κ2) is 7.39. The molecule has 0 aliphatic rings. The Labute approximate surface area is 97.6 Å². The number of hydrogen-bond donors (Lipinski definition) is 1. The van der Waals surface area contributed by atoms with E-state index in [1.54, 1.807) is 7.11 Å². The number of methoxy groups -OCH3 is 1. The van der Waals surface area contributed by atoms with Crippen molar-refractivity contribution in [2.45, 2.75) is 19.4 Å². The summed E-state index contributed by atoms with van der Waals surface area (Å²) in [6, 6.07) is 8.11. The molecule has 1 aromatic rings. The average molecular weight is 223 g/mol. The highest BCUT2D eigenvalue weighted by molar-refractivity contribution is 5.28. The van der Waals surface area contributed by atoms with Crippen LogP contribution in [-0.2, 0) is 9.47 Å². The monoisotopic (exact) mass is 223 g/mol. The van der Waals surface area contributed by atoms with Gasteiger partial charge in [-0.15, -0.1) is 0 Å². The van der Waals surface area contributed by atoms with Crippen molar-refractivity contribution in [1.82, 2.24) is 0 Å². The van der Waals surface area contributed by atoms with Gasteiger partial charge in [0.25, 0.3) is 0 Å². The Morgan fingerprint density at radius 1 is 1.25 bits per heavy atom. The van der Waals surface area contributed by atoms with Crippen molar-refractivity contribution in [1.29, 1.82) is 0 Å². The van der Waals surface area contributed by atoms with E-state index in [0.29, 0.717) is 13.2 Å². The van der Waals surface area contributed by atoms with Crippen molar-refractivity contribution in [3.63, 3.8) is 0 Å². The van der Waals surface area contributed by atoms with E-state index in [1.807, 2.05) is 12.1 Å². The molecule has 0 saturated carbocycles. The van der Waals surface area contributed by atoms with E-state index >= 15 is 0 Å². The van der Waals surface area contributed by atoms with Gasteiger partial charge >= 0.3 is 0 Å². The maximum Gasteiger partial charge on any atom is 0.0659 e. The molecular weight excluding hydrogens is 202 g/mol. The van der Waals surface area contributed by atoms with Gasteiger partial charge in [-0.3, -0.25) is 0 Å². The molecule has 1 aromatic carbocycles. The minimum absolute atomic E-state index is 0.0382. The molecule has 0 heterocycles. The molecular formula is C13H21NO2. The molecule has 0 spiro atoms. The second-order valence-electron chi connectivity index (χ2n) is 3.88. The zero-order chi connectivity index (χ0) is 11.8. The molecule has 1 atom stereocenters. The van der Waals surface area contributed by atoms with Gasteiger partial charge in [-0.2, -0.15) is 0 Å². The zero-order valence-corrected chi connectivity index (χ0v) is 10.1.